The average Bonchev–Trinajstić information content (AvgIpc) is 2.78. The minimum atomic E-state index is -3.69. The fraction of sp³-hybridized carbons (Fsp3) is 0.360. The summed E-state index contributed by atoms with van der Waals surface area (Å²) in [5.74, 6) is -0.352. The third-order valence-corrected chi connectivity index (χ3v) is 9.23. The molecule has 0 saturated carbocycles. The van der Waals surface area contributed by atoms with E-state index in [2.05, 4.69) is 59.6 Å². The molecule has 0 saturated heterocycles. The lowest BCUT2D eigenvalue weighted by molar-refractivity contribution is -0.116. The average molecular weight is 626 g/mol. The first-order valence-corrected chi connectivity index (χ1v) is 17.4. The van der Waals surface area contributed by atoms with E-state index in [-0.39, 0.29) is 36.1 Å². The monoisotopic (exact) mass is 625 g/mol. The van der Waals surface area contributed by atoms with Gasteiger partial charge in [-0.3, -0.25) is 9.69 Å². The molecule has 0 fully saturated rings. The third kappa shape index (κ3) is 9.16. The van der Waals surface area contributed by atoms with Gasteiger partial charge in [0.15, 0.2) is 0 Å². The normalized spacial score (nSPS) is 11.7. The highest BCUT2D eigenvalue weighted by atomic mass is 127. The number of carbonyl (C=O) groups is 1. The Morgan fingerprint density at radius 3 is 2.43 bits per heavy atom. The van der Waals surface area contributed by atoms with Crippen molar-refractivity contribution >= 4 is 52.3 Å². The standard InChI is InChI=1S/C25H32IN3O4SSi/c1-19-6-9-22(10-7-19)34(31,32)28-13-12-20(2)25(30)29(18-33-14-15-35(3,4)5)24-11-8-21(17-27)16-23(24)26/h6-11,16,28H,2,12-15,18H2,1,3-5H3. The van der Waals surface area contributed by atoms with Gasteiger partial charge in [0, 0.05) is 30.4 Å². The maximum Gasteiger partial charge on any atom is 0.255 e. The first-order valence-electron chi connectivity index (χ1n) is 11.2. The molecular weight excluding hydrogens is 593 g/mol. The summed E-state index contributed by atoms with van der Waals surface area (Å²) >= 11 is 2.09. The van der Waals surface area contributed by atoms with Crippen LogP contribution in [0.15, 0.2) is 59.5 Å². The van der Waals surface area contributed by atoms with Gasteiger partial charge in [0.2, 0.25) is 10.0 Å². The molecule has 0 radical (unpaired) electrons. The molecule has 1 amide bonds. The van der Waals surface area contributed by atoms with Crippen LogP contribution < -0.4 is 9.62 Å². The Labute approximate surface area is 223 Å². The molecule has 7 nitrogen and oxygen atoms in total. The van der Waals surface area contributed by atoms with Crippen molar-refractivity contribution in [3.05, 3.63) is 69.3 Å². The van der Waals surface area contributed by atoms with Crippen LogP contribution in [0.3, 0.4) is 0 Å². The lowest BCUT2D eigenvalue weighted by atomic mass is 10.1. The van der Waals surface area contributed by atoms with Crippen LogP contribution in [0.2, 0.25) is 25.7 Å². The maximum absolute atomic E-state index is 13.3. The number of halogens is 1. The molecule has 0 aliphatic carbocycles. The molecule has 0 aliphatic rings. The van der Waals surface area contributed by atoms with Crippen LogP contribution >= 0.6 is 22.6 Å². The summed E-state index contributed by atoms with van der Waals surface area (Å²) in [5.41, 5.74) is 2.33. The third-order valence-electron chi connectivity index (χ3n) is 5.18. The molecule has 2 aromatic rings. The van der Waals surface area contributed by atoms with E-state index in [0.717, 1.165) is 15.2 Å². The minimum Gasteiger partial charge on any atom is -0.361 e. The van der Waals surface area contributed by atoms with Gasteiger partial charge in [0.1, 0.15) is 6.73 Å². The Morgan fingerprint density at radius 1 is 1.20 bits per heavy atom. The summed E-state index contributed by atoms with van der Waals surface area (Å²) in [7, 11) is -4.98. The number of carbonyl (C=O) groups excluding carboxylic acids is 1. The van der Waals surface area contributed by atoms with Gasteiger partial charge in [-0.1, -0.05) is 43.9 Å². The van der Waals surface area contributed by atoms with Crippen molar-refractivity contribution in [2.24, 2.45) is 0 Å². The van der Waals surface area contributed by atoms with E-state index < -0.39 is 18.1 Å². The number of hydrogen-bond donors (Lipinski definition) is 1. The van der Waals surface area contributed by atoms with Crippen molar-refractivity contribution in [2.45, 2.75) is 43.9 Å². The Hall–Kier alpha value is -2.04. The highest BCUT2D eigenvalue weighted by Gasteiger charge is 2.22. The Balaban J connectivity index is 2.10. The van der Waals surface area contributed by atoms with Gasteiger partial charge < -0.3 is 4.74 Å². The summed E-state index contributed by atoms with van der Waals surface area (Å²) in [5, 5.41) is 9.17. The maximum atomic E-state index is 13.3. The lowest BCUT2D eigenvalue weighted by Crippen LogP contribution is -2.36. The van der Waals surface area contributed by atoms with Gasteiger partial charge in [0.25, 0.3) is 5.91 Å². The summed E-state index contributed by atoms with van der Waals surface area (Å²) in [4.78, 5) is 15.0. The van der Waals surface area contributed by atoms with Crippen molar-refractivity contribution in [2.75, 3.05) is 24.8 Å². The minimum absolute atomic E-state index is 0.0373. The molecule has 0 bridgehead atoms. The molecule has 2 rings (SSSR count). The first kappa shape index (κ1) is 29.2. The van der Waals surface area contributed by atoms with Crippen LogP contribution in [-0.2, 0) is 19.6 Å². The van der Waals surface area contributed by atoms with Crippen molar-refractivity contribution < 1.29 is 17.9 Å². The number of ether oxygens (including phenoxy) is 1. The number of anilines is 1. The smallest absolute Gasteiger partial charge is 0.255 e. The predicted molar refractivity (Wildman–Crippen MR) is 150 cm³/mol. The molecule has 0 aliphatic heterocycles. The number of nitrogens with one attached hydrogen (secondary N) is 1. The second-order valence-electron chi connectivity index (χ2n) is 9.42. The van der Waals surface area contributed by atoms with E-state index in [9.17, 15) is 18.5 Å². The van der Waals surface area contributed by atoms with Gasteiger partial charge >= 0.3 is 0 Å². The summed E-state index contributed by atoms with van der Waals surface area (Å²) in [6, 6.07) is 14.7. The quantitative estimate of drug-likeness (QED) is 0.117. The zero-order chi connectivity index (χ0) is 26.2. The zero-order valence-electron chi connectivity index (χ0n) is 20.6. The fourth-order valence-electron chi connectivity index (χ4n) is 3.00. The lowest BCUT2D eigenvalue weighted by Gasteiger charge is -2.26. The largest absolute Gasteiger partial charge is 0.361 e. The molecule has 2 aromatic carbocycles. The fourth-order valence-corrected chi connectivity index (χ4v) is 5.60. The SMILES string of the molecule is C=C(CCNS(=O)(=O)c1ccc(C)cc1)C(=O)N(COCC[Si](C)(C)C)c1ccc(C#N)cc1I. The number of nitrogens with zero attached hydrogens (tertiary/aromatic N) is 2. The van der Waals surface area contributed by atoms with Gasteiger partial charge in [-0.15, -0.1) is 0 Å². The predicted octanol–water partition coefficient (Wildman–Crippen LogP) is 5.04. The number of aryl methyl sites for hydroxylation is 1. The van der Waals surface area contributed by atoms with Crippen LogP contribution in [0.1, 0.15) is 17.5 Å². The van der Waals surface area contributed by atoms with E-state index >= 15 is 0 Å². The van der Waals surface area contributed by atoms with E-state index in [0.29, 0.717) is 17.9 Å². The van der Waals surface area contributed by atoms with Crippen molar-refractivity contribution in [3.8, 4) is 6.07 Å². The van der Waals surface area contributed by atoms with Crippen LogP contribution in [0.5, 0.6) is 0 Å². The number of sulfonamides is 1. The molecule has 0 aromatic heterocycles. The molecule has 0 spiro atoms. The molecule has 0 atom stereocenters. The van der Waals surface area contributed by atoms with Gasteiger partial charge in [-0.05, 0) is 72.3 Å². The molecule has 0 unspecified atom stereocenters. The number of hydrogen-bond acceptors (Lipinski definition) is 5. The zero-order valence-corrected chi connectivity index (χ0v) is 24.6. The second-order valence-corrected chi connectivity index (χ2v) is 18.0. The first-order chi connectivity index (χ1) is 16.3. The molecule has 188 valence electrons. The van der Waals surface area contributed by atoms with Crippen molar-refractivity contribution in [3.63, 3.8) is 0 Å². The van der Waals surface area contributed by atoms with Crippen LogP contribution in [0.25, 0.3) is 0 Å². The molecule has 0 heterocycles. The van der Waals surface area contributed by atoms with Crippen molar-refractivity contribution in [1.29, 1.82) is 5.26 Å². The van der Waals surface area contributed by atoms with E-state index in [1.54, 1.807) is 42.5 Å². The summed E-state index contributed by atoms with van der Waals surface area (Å²) < 4.78 is 34.2. The summed E-state index contributed by atoms with van der Waals surface area (Å²) in [6.45, 7) is 13.2. The Morgan fingerprint density at radius 2 is 1.86 bits per heavy atom. The Bertz CT molecular complexity index is 1200. The highest BCUT2D eigenvalue weighted by molar-refractivity contribution is 14.1. The van der Waals surface area contributed by atoms with Gasteiger partial charge in [-0.2, -0.15) is 5.26 Å². The van der Waals surface area contributed by atoms with E-state index in [1.165, 1.54) is 4.90 Å². The number of rotatable bonds is 12. The van der Waals surface area contributed by atoms with Crippen molar-refractivity contribution in [1.82, 2.24) is 4.72 Å². The highest BCUT2D eigenvalue weighted by Crippen LogP contribution is 2.26. The molecule has 35 heavy (non-hydrogen) atoms. The van der Waals surface area contributed by atoms with Crippen LogP contribution in [-0.4, -0.2) is 42.3 Å². The number of nitriles is 1. The van der Waals surface area contributed by atoms with Crippen LogP contribution in [0.4, 0.5) is 5.69 Å². The molecule has 10 heteroatoms. The van der Waals surface area contributed by atoms with E-state index in [4.69, 9.17) is 4.74 Å². The molecule has 1 N–H and O–H groups in total. The number of amides is 1. The van der Waals surface area contributed by atoms with Gasteiger partial charge in [0.05, 0.1) is 22.2 Å². The number of benzene rings is 2. The second kappa shape index (κ2) is 12.8. The van der Waals surface area contributed by atoms with Crippen LogP contribution in [0, 0.1) is 21.8 Å². The topological polar surface area (TPSA) is 99.5 Å². The Kier molecular flexibility index (Phi) is 10.7. The summed E-state index contributed by atoms with van der Waals surface area (Å²) in [6.07, 6.45) is 0.141. The van der Waals surface area contributed by atoms with E-state index in [1.807, 2.05) is 6.92 Å². The molecular formula is C25H32IN3O4SSi. The van der Waals surface area contributed by atoms with Gasteiger partial charge in [-0.25, -0.2) is 13.1 Å².